The number of carbonyl (C=O) groups excluding carboxylic acids is 1. The average molecular weight is 296 g/mol. The highest BCUT2D eigenvalue weighted by molar-refractivity contribution is 6.06. The zero-order valence-electron chi connectivity index (χ0n) is 13.2. The Morgan fingerprint density at radius 2 is 2.00 bits per heavy atom. The molecule has 3 N–H and O–H groups in total. The summed E-state index contributed by atoms with van der Waals surface area (Å²) in [7, 11) is 2.11. The molecule has 1 amide bonds. The molecule has 1 atom stereocenters. The number of carbonyl (C=O) groups is 1. The topological polar surface area (TPSA) is 82.2 Å². The number of nitrogens with two attached hydrogens (primary N) is 1. The first kappa shape index (κ1) is 16.1. The zero-order valence-corrected chi connectivity index (χ0v) is 13.2. The maximum atomic E-state index is 13.1. The number of hydrogen-bond acceptors (Lipinski definition) is 4. The van der Waals surface area contributed by atoms with Gasteiger partial charge in [-0.1, -0.05) is 31.3 Å². The molecule has 0 aromatic carbocycles. The van der Waals surface area contributed by atoms with Crippen molar-refractivity contribution in [3.63, 3.8) is 0 Å². The Balaban J connectivity index is 2.19. The molecule has 2 rings (SSSR count). The van der Waals surface area contributed by atoms with Crippen molar-refractivity contribution in [2.45, 2.75) is 51.5 Å². The first-order valence-electron chi connectivity index (χ1n) is 8.02. The third-order valence-corrected chi connectivity index (χ3v) is 5.25. The molecule has 2 aliphatic rings. The van der Waals surface area contributed by atoms with E-state index in [1.807, 2.05) is 4.90 Å². The Labute approximate surface area is 127 Å². The first-order valence-corrected chi connectivity index (χ1v) is 8.02. The molecule has 0 aromatic heterocycles. The summed E-state index contributed by atoms with van der Waals surface area (Å²) in [5.74, 6) is 0.156. The summed E-state index contributed by atoms with van der Waals surface area (Å²) in [5, 5.41) is 12.3. The van der Waals surface area contributed by atoms with Crippen LogP contribution >= 0.6 is 0 Å². The van der Waals surface area contributed by atoms with Crippen LogP contribution in [0, 0.1) is 5.41 Å². The molecule has 0 spiro atoms. The van der Waals surface area contributed by atoms with Gasteiger partial charge in [0.15, 0.2) is 5.84 Å². The number of piperazine rings is 1. The molecule has 120 valence electrons. The molecular weight excluding hydrogens is 268 g/mol. The van der Waals surface area contributed by atoms with Gasteiger partial charge in [0.05, 0.1) is 0 Å². The van der Waals surface area contributed by atoms with Crippen LogP contribution in [0.25, 0.3) is 0 Å². The smallest absolute Gasteiger partial charge is 0.236 e. The largest absolute Gasteiger partial charge is 0.409 e. The number of amidine groups is 1. The summed E-state index contributed by atoms with van der Waals surface area (Å²) in [5.41, 5.74) is 5.15. The molecule has 6 heteroatoms. The van der Waals surface area contributed by atoms with Crippen molar-refractivity contribution in [3.05, 3.63) is 0 Å². The van der Waals surface area contributed by atoms with E-state index in [0.717, 1.165) is 45.3 Å². The minimum atomic E-state index is -0.777. The van der Waals surface area contributed by atoms with Gasteiger partial charge in [0.2, 0.25) is 5.91 Å². The van der Waals surface area contributed by atoms with Crippen molar-refractivity contribution in [3.8, 4) is 0 Å². The van der Waals surface area contributed by atoms with Crippen molar-refractivity contribution in [1.82, 2.24) is 9.80 Å². The Morgan fingerprint density at radius 3 is 2.57 bits per heavy atom. The Hall–Kier alpha value is -1.30. The van der Waals surface area contributed by atoms with Gasteiger partial charge < -0.3 is 15.8 Å². The maximum absolute atomic E-state index is 13.1. The number of hydrogen-bond donors (Lipinski definition) is 2. The molecule has 6 nitrogen and oxygen atoms in total. The van der Waals surface area contributed by atoms with Gasteiger partial charge in [-0.3, -0.25) is 9.69 Å². The lowest BCUT2D eigenvalue weighted by Gasteiger charge is -2.44. The fraction of sp³-hybridized carbons (Fsp3) is 0.867. The molecule has 1 aliphatic heterocycles. The number of rotatable bonds is 3. The minimum Gasteiger partial charge on any atom is -0.409 e. The molecule has 1 saturated carbocycles. The van der Waals surface area contributed by atoms with Gasteiger partial charge in [0, 0.05) is 25.7 Å². The van der Waals surface area contributed by atoms with E-state index < -0.39 is 5.41 Å². The van der Waals surface area contributed by atoms with Crippen LogP contribution in [0.4, 0.5) is 0 Å². The van der Waals surface area contributed by atoms with E-state index in [1.165, 1.54) is 0 Å². The van der Waals surface area contributed by atoms with Crippen LogP contribution in [0.15, 0.2) is 5.16 Å². The van der Waals surface area contributed by atoms with Gasteiger partial charge in [-0.15, -0.1) is 0 Å². The first-order chi connectivity index (χ1) is 10.0. The highest BCUT2D eigenvalue weighted by atomic mass is 16.4. The number of amides is 1. The van der Waals surface area contributed by atoms with Crippen LogP contribution in [0.3, 0.4) is 0 Å². The van der Waals surface area contributed by atoms with E-state index in [1.54, 1.807) is 0 Å². The third-order valence-electron chi connectivity index (χ3n) is 5.25. The predicted molar refractivity (Wildman–Crippen MR) is 82.2 cm³/mol. The van der Waals surface area contributed by atoms with Crippen LogP contribution in [0.5, 0.6) is 0 Å². The minimum absolute atomic E-state index is 0.0593. The number of nitrogens with zero attached hydrogens (tertiary/aromatic N) is 3. The average Bonchev–Trinajstić information content (AvgIpc) is 2.54. The van der Waals surface area contributed by atoms with Crippen LogP contribution in [-0.2, 0) is 4.79 Å². The van der Waals surface area contributed by atoms with Gasteiger partial charge in [0.25, 0.3) is 0 Å². The Kier molecular flexibility index (Phi) is 5.08. The summed E-state index contributed by atoms with van der Waals surface area (Å²) in [6, 6.07) is 0.399. The molecule has 21 heavy (non-hydrogen) atoms. The summed E-state index contributed by atoms with van der Waals surface area (Å²) in [6.07, 6.45) is 5.47. The molecule has 1 heterocycles. The van der Waals surface area contributed by atoms with E-state index in [4.69, 9.17) is 10.9 Å². The van der Waals surface area contributed by atoms with Crippen LogP contribution < -0.4 is 5.73 Å². The van der Waals surface area contributed by atoms with Crippen molar-refractivity contribution in [2.24, 2.45) is 16.3 Å². The van der Waals surface area contributed by atoms with Crippen molar-refractivity contribution in [1.29, 1.82) is 0 Å². The zero-order chi connectivity index (χ0) is 15.5. The quantitative estimate of drug-likeness (QED) is 0.355. The van der Waals surface area contributed by atoms with E-state index in [0.29, 0.717) is 18.9 Å². The van der Waals surface area contributed by atoms with Gasteiger partial charge in [-0.2, -0.15) is 0 Å². The lowest BCUT2D eigenvalue weighted by Crippen LogP contribution is -2.59. The monoisotopic (exact) mass is 296 g/mol. The standard InChI is InChI=1S/C15H28N4O2/c1-3-12-11-19(10-9-18(12)2)14(20)15(13(16)17-21)7-5-4-6-8-15/h12,21H,3-11H2,1-2H3,(H2,16,17). The summed E-state index contributed by atoms with van der Waals surface area (Å²) < 4.78 is 0. The Bertz CT molecular complexity index is 404. The van der Waals surface area contributed by atoms with Gasteiger partial charge in [-0.05, 0) is 26.3 Å². The third kappa shape index (κ3) is 3.00. The predicted octanol–water partition coefficient (Wildman–Crippen LogP) is 1.24. The SMILES string of the molecule is CCC1CN(C(=O)C2(C(N)=NO)CCCCC2)CCN1C. The molecule has 1 saturated heterocycles. The molecule has 1 aliphatic carbocycles. The summed E-state index contributed by atoms with van der Waals surface area (Å²) in [6.45, 7) is 4.50. The highest BCUT2D eigenvalue weighted by Crippen LogP contribution is 2.38. The lowest BCUT2D eigenvalue weighted by molar-refractivity contribution is -0.142. The van der Waals surface area contributed by atoms with Crippen LogP contribution in [0.1, 0.15) is 45.4 Å². The molecular formula is C15H28N4O2. The molecule has 2 fully saturated rings. The van der Waals surface area contributed by atoms with Crippen LogP contribution in [0.2, 0.25) is 0 Å². The second-order valence-electron chi connectivity index (χ2n) is 6.42. The normalized spacial score (nSPS) is 27.6. The molecule has 0 aromatic rings. The van der Waals surface area contributed by atoms with E-state index in [-0.39, 0.29) is 11.7 Å². The van der Waals surface area contributed by atoms with Gasteiger partial charge in [-0.25, -0.2) is 0 Å². The fourth-order valence-electron chi connectivity index (χ4n) is 3.70. The summed E-state index contributed by atoms with van der Waals surface area (Å²) >= 11 is 0. The van der Waals surface area contributed by atoms with Crippen molar-refractivity contribution < 1.29 is 10.0 Å². The van der Waals surface area contributed by atoms with Crippen molar-refractivity contribution in [2.75, 3.05) is 26.7 Å². The molecule has 0 radical (unpaired) electrons. The fourth-order valence-corrected chi connectivity index (χ4v) is 3.70. The Morgan fingerprint density at radius 1 is 1.33 bits per heavy atom. The molecule has 1 unspecified atom stereocenters. The van der Waals surface area contributed by atoms with Crippen molar-refractivity contribution >= 4 is 11.7 Å². The number of oxime groups is 1. The van der Waals surface area contributed by atoms with E-state index >= 15 is 0 Å². The maximum Gasteiger partial charge on any atom is 0.236 e. The number of likely N-dealkylation sites (N-methyl/N-ethyl adjacent to an activating group) is 1. The van der Waals surface area contributed by atoms with E-state index in [2.05, 4.69) is 24.0 Å². The van der Waals surface area contributed by atoms with Gasteiger partial charge in [0.1, 0.15) is 5.41 Å². The van der Waals surface area contributed by atoms with Crippen LogP contribution in [-0.4, -0.2) is 59.5 Å². The van der Waals surface area contributed by atoms with E-state index in [9.17, 15) is 4.79 Å². The molecule has 0 bridgehead atoms. The van der Waals surface area contributed by atoms with Gasteiger partial charge >= 0.3 is 0 Å². The second kappa shape index (κ2) is 6.64. The highest BCUT2D eigenvalue weighted by Gasteiger charge is 2.47. The summed E-state index contributed by atoms with van der Waals surface area (Å²) in [4.78, 5) is 17.3. The second-order valence-corrected chi connectivity index (χ2v) is 6.42. The lowest BCUT2D eigenvalue weighted by atomic mass is 9.72.